The molecule has 0 spiro atoms. The van der Waals surface area contributed by atoms with Crippen LogP contribution in [-0.2, 0) is 4.79 Å². The van der Waals surface area contributed by atoms with Crippen LogP contribution in [0.2, 0.25) is 0 Å². The topological polar surface area (TPSA) is 57.5 Å². The van der Waals surface area contributed by atoms with Gasteiger partial charge in [0, 0.05) is 0 Å². The van der Waals surface area contributed by atoms with Crippen LogP contribution in [0.5, 0.6) is 0 Å². The molecular formula is C28H60NO3+. The maximum Gasteiger partial charge on any atom is 0.332 e. The average molecular weight is 459 g/mol. The Morgan fingerprint density at radius 1 is 0.594 bits per heavy atom. The number of aliphatic carboxylic acids is 1. The van der Waals surface area contributed by atoms with Gasteiger partial charge in [-0.1, -0.05) is 97.8 Å². The first kappa shape index (κ1) is 33.6. The number of hydrogen-bond donors (Lipinski definition) is 2. The monoisotopic (exact) mass is 458 g/mol. The van der Waals surface area contributed by atoms with E-state index in [1.165, 1.54) is 147 Å². The highest BCUT2D eigenvalue weighted by Crippen LogP contribution is 2.16. The van der Waals surface area contributed by atoms with Crippen molar-refractivity contribution < 1.29 is 19.5 Å². The summed E-state index contributed by atoms with van der Waals surface area (Å²) in [6, 6.07) is 0. The highest BCUT2D eigenvalue weighted by molar-refractivity contribution is 5.71. The molecule has 0 fully saturated rings. The number of nitrogens with zero attached hydrogens (tertiary/aromatic N) is 1. The Kier molecular flexibility index (Phi) is 26.2. The van der Waals surface area contributed by atoms with E-state index in [1.54, 1.807) is 0 Å². The van der Waals surface area contributed by atoms with Gasteiger partial charge in [-0.3, -0.25) is 0 Å². The number of quaternary nitrogens is 1. The molecule has 0 aromatic rings. The molecule has 1 atom stereocenters. The van der Waals surface area contributed by atoms with Crippen molar-refractivity contribution in [2.45, 2.75) is 149 Å². The molecule has 0 aliphatic heterocycles. The molecule has 0 heterocycles. The second-order valence-electron chi connectivity index (χ2n) is 10.1. The minimum atomic E-state index is -1.23. The first-order chi connectivity index (χ1) is 15.3. The average Bonchev–Trinajstić information content (AvgIpc) is 2.76. The van der Waals surface area contributed by atoms with Crippen molar-refractivity contribution in [3.63, 3.8) is 0 Å². The molecule has 194 valence electrons. The normalized spacial score (nSPS) is 12.3. The molecule has 32 heavy (non-hydrogen) atoms. The van der Waals surface area contributed by atoms with Crippen molar-refractivity contribution in [1.29, 1.82) is 0 Å². The molecule has 4 nitrogen and oxygen atoms in total. The molecule has 0 radical (unpaired) electrons. The zero-order valence-electron chi connectivity index (χ0n) is 22.7. The lowest BCUT2D eigenvalue weighted by molar-refractivity contribution is -0.910. The Morgan fingerprint density at radius 2 is 0.812 bits per heavy atom. The third-order valence-corrected chi connectivity index (χ3v) is 6.51. The van der Waals surface area contributed by atoms with Crippen LogP contribution in [0, 0.1) is 0 Å². The van der Waals surface area contributed by atoms with E-state index < -0.39 is 12.1 Å². The quantitative estimate of drug-likeness (QED) is 0.128. The summed E-state index contributed by atoms with van der Waals surface area (Å²) in [4.78, 5) is 9.45. The SMILES string of the molecule is CC(O)C(=O)O.CCCCCCCC[N+](C)(CCCCCCCC)CCCCCCCC. The number of carboxylic acid groups (broad SMARTS) is 1. The van der Waals surface area contributed by atoms with E-state index in [0.717, 1.165) is 0 Å². The van der Waals surface area contributed by atoms with Crippen molar-refractivity contribution in [2.75, 3.05) is 26.7 Å². The molecule has 2 N–H and O–H groups in total. The zero-order valence-corrected chi connectivity index (χ0v) is 22.7. The fourth-order valence-electron chi connectivity index (χ4n) is 4.16. The number of aliphatic hydroxyl groups is 1. The summed E-state index contributed by atoms with van der Waals surface area (Å²) in [5.74, 6) is -1.19. The number of carbonyl (C=O) groups is 1. The molecule has 0 saturated heterocycles. The van der Waals surface area contributed by atoms with Gasteiger partial charge >= 0.3 is 5.97 Å². The molecule has 0 aromatic carbocycles. The summed E-state index contributed by atoms with van der Waals surface area (Å²) < 4.78 is 1.36. The van der Waals surface area contributed by atoms with E-state index >= 15 is 0 Å². The Labute approximate surface area is 201 Å². The van der Waals surface area contributed by atoms with Gasteiger partial charge in [-0.25, -0.2) is 4.79 Å². The number of rotatable bonds is 22. The van der Waals surface area contributed by atoms with E-state index in [-0.39, 0.29) is 0 Å². The molecule has 4 heteroatoms. The van der Waals surface area contributed by atoms with Crippen LogP contribution < -0.4 is 0 Å². The Morgan fingerprint density at radius 3 is 1.03 bits per heavy atom. The maximum atomic E-state index is 9.45. The van der Waals surface area contributed by atoms with Gasteiger partial charge in [0.15, 0.2) is 0 Å². The van der Waals surface area contributed by atoms with Crippen molar-refractivity contribution in [3.8, 4) is 0 Å². The summed E-state index contributed by atoms with van der Waals surface area (Å²) in [7, 11) is 2.56. The smallest absolute Gasteiger partial charge is 0.332 e. The van der Waals surface area contributed by atoms with Crippen LogP contribution >= 0.6 is 0 Å². The van der Waals surface area contributed by atoms with Crippen molar-refractivity contribution in [1.82, 2.24) is 0 Å². The summed E-state index contributed by atoms with van der Waals surface area (Å²) in [6.45, 7) is 12.4. The molecule has 0 aliphatic rings. The summed E-state index contributed by atoms with van der Waals surface area (Å²) in [6.07, 6.45) is 24.6. The summed E-state index contributed by atoms with van der Waals surface area (Å²) in [5.41, 5.74) is 0. The number of aliphatic hydroxyl groups excluding tert-OH is 1. The first-order valence-electron chi connectivity index (χ1n) is 14.1. The lowest BCUT2D eigenvalue weighted by Gasteiger charge is -2.35. The van der Waals surface area contributed by atoms with Crippen molar-refractivity contribution in [3.05, 3.63) is 0 Å². The number of hydrogen-bond acceptors (Lipinski definition) is 2. The van der Waals surface area contributed by atoms with Crippen molar-refractivity contribution >= 4 is 5.97 Å². The van der Waals surface area contributed by atoms with Crippen LogP contribution in [0.25, 0.3) is 0 Å². The fourth-order valence-corrected chi connectivity index (χ4v) is 4.16. The molecule has 0 aromatic heterocycles. The highest BCUT2D eigenvalue weighted by Gasteiger charge is 2.20. The third kappa shape index (κ3) is 25.6. The van der Waals surface area contributed by atoms with E-state index in [2.05, 4.69) is 27.8 Å². The predicted octanol–water partition coefficient (Wildman–Crippen LogP) is 7.97. The van der Waals surface area contributed by atoms with Gasteiger partial charge in [-0.2, -0.15) is 0 Å². The number of carboxylic acids is 1. The molecule has 0 saturated carbocycles. The predicted molar refractivity (Wildman–Crippen MR) is 140 cm³/mol. The second kappa shape index (κ2) is 25.0. The minimum Gasteiger partial charge on any atom is -0.479 e. The van der Waals surface area contributed by atoms with Crippen LogP contribution in [-0.4, -0.2) is 53.5 Å². The zero-order chi connectivity index (χ0) is 24.5. The third-order valence-electron chi connectivity index (χ3n) is 6.51. The summed E-state index contributed by atoms with van der Waals surface area (Å²) in [5, 5.41) is 15.8. The van der Waals surface area contributed by atoms with Gasteiger partial charge in [0.2, 0.25) is 0 Å². The van der Waals surface area contributed by atoms with E-state index in [1.807, 2.05) is 0 Å². The molecule has 0 bridgehead atoms. The van der Waals surface area contributed by atoms with Crippen LogP contribution in [0.3, 0.4) is 0 Å². The van der Waals surface area contributed by atoms with Crippen LogP contribution in [0.15, 0.2) is 0 Å². The molecule has 1 unspecified atom stereocenters. The van der Waals surface area contributed by atoms with Gasteiger partial charge < -0.3 is 14.7 Å². The standard InChI is InChI=1S/C25H54N.C3H6O3/c1-5-8-11-14-17-20-23-26(4,24-21-18-15-12-9-6-2)25-22-19-16-13-10-7-3;1-2(4)3(5)6/h5-25H2,1-4H3;2,4H,1H3,(H,5,6)/q+1;. The van der Waals surface area contributed by atoms with Gasteiger partial charge in [0.1, 0.15) is 6.10 Å². The Bertz CT molecular complexity index is 344. The van der Waals surface area contributed by atoms with Crippen LogP contribution in [0.4, 0.5) is 0 Å². The van der Waals surface area contributed by atoms with Gasteiger partial charge in [-0.05, 0) is 45.4 Å². The number of unbranched alkanes of at least 4 members (excludes halogenated alkanes) is 15. The summed E-state index contributed by atoms with van der Waals surface area (Å²) >= 11 is 0. The van der Waals surface area contributed by atoms with Gasteiger partial charge in [-0.15, -0.1) is 0 Å². The lowest BCUT2D eigenvalue weighted by atomic mass is 10.1. The van der Waals surface area contributed by atoms with E-state index in [4.69, 9.17) is 10.2 Å². The largest absolute Gasteiger partial charge is 0.479 e. The lowest BCUT2D eigenvalue weighted by Crippen LogP contribution is -2.46. The highest BCUT2D eigenvalue weighted by atomic mass is 16.4. The maximum absolute atomic E-state index is 9.45. The van der Waals surface area contributed by atoms with Gasteiger partial charge in [0.05, 0.1) is 26.7 Å². The van der Waals surface area contributed by atoms with E-state index in [0.29, 0.717) is 0 Å². The molecule has 0 amide bonds. The fraction of sp³-hybridized carbons (Fsp3) is 0.964. The second-order valence-corrected chi connectivity index (χ2v) is 10.1. The van der Waals surface area contributed by atoms with Crippen LogP contribution in [0.1, 0.15) is 143 Å². The van der Waals surface area contributed by atoms with Gasteiger partial charge in [0.25, 0.3) is 0 Å². The minimum absolute atomic E-state index is 1.19. The van der Waals surface area contributed by atoms with E-state index in [9.17, 15) is 4.79 Å². The Hall–Kier alpha value is -0.610. The molecular weight excluding hydrogens is 398 g/mol. The Balaban J connectivity index is 0. The first-order valence-corrected chi connectivity index (χ1v) is 14.1. The van der Waals surface area contributed by atoms with Crippen molar-refractivity contribution in [2.24, 2.45) is 0 Å². The molecule has 0 aliphatic carbocycles. The molecule has 0 rings (SSSR count).